The highest BCUT2D eigenvalue weighted by atomic mass is 16.5. The van der Waals surface area contributed by atoms with Crippen molar-refractivity contribution in [2.75, 3.05) is 18.1 Å². The van der Waals surface area contributed by atoms with Gasteiger partial charge >= 0.3 is 5.97 Å². The van der Waals surface area contributed by atoms with Crippen LogP contribution in [-0.4, -0.2) is 35.1 Å². The van der Waals surface area contributed by atoms with Crippen LogP contribution in [0, 0.1) is 6.92 Å². The van der Waals surface area contributed by atoms with Crippen molar-refractivity contribution >= 4 is 11.8 Å². The zero-order chi connectivity index (χ0) is 13.1. The van der Waals surface area contributed by atoms with Gasteiger partial charge in [-0.05, 0) is 26.7 Å². The summed E-state index contributed by atoms with van der Waals surface area (Å²) in [5.74, 6) is 0.808. The molecule has 1 aromatic rings. The number of carbonyl (C=O) groups is 1. The number of aromatic nitrogens is 2. The number of rotatable bonds is 5. The summed E-state index contributed by atoms with van der Waals surface area (Å²) in [6.45, 7) is 4.00. The number of ether oxygens (including phenoxy) is 1. The van der Waals surface area contributed by atoms with Crippen molar-refractivity contribution in [3.63, 3.8) is 0 Å². The summed E-state index contributed by atoms with van der Waals surface area (Å²) in [6.07, 6.45) is 2.04. The van der Waals surface area contributed by atoms with Gasteiger partial charge in [-0.1, -0.05) is 0 Å². The second-order valence-corrected chi connectivity index (χ2v) is 4.35. The van der Waals surface area contributed by atoms with Crippen molar-refractivity contribution in [1.82, 2.24) is 9.97 Å². The van der Waals surface area contributed by atoms with Gasteiger partial charge in [-0.25, -0.2) is 4.98 Å². The van der Waals surface area contributed by atoms with E-state index in [0.29, 0.717) is 24.3 Å². The predicted octanol–water partition coefficient (Wildman–Crippen LogP) is 0.610. The molecule has 1 aliphatic rings. The molecule has 0 radical (unpaired) electrons. The number of carbonyl (C=O) groups excluding carboxylic acids is 1. The lowest BCUT2D eigenvalue weighted by atomic mass is 10.4. The van der Waals surface area contributed by atoms with E-state index in [1.165, 1.54) is 6.07 Å². The molecule has 6 nitrogen and oxygen atoms in total. The van der Waals surface area contributed by atoms with Gasteiger partial charge in [0.05, 0.1) is 6.61 Å². The third-order valence-corrected chi connectivity index (χ3v) is 2.73. The first-order chi connectivity index (χ1) is 8.60. The Hall–Kier alpha value is -1.85. The zero-order valence-corrected chi connectivity index (χ0v) is 10.6. The largest absolute Gasteiger partial charge is 0.465 e. The fourth-order valence-corrected chi connectivity index (χ4v) is 1.84. The van der Waals surface area contributed by atoms with Gasteiger partial charge in [0.1, 0.15) is 18.2 Å². The number of nitrogens with zero attached hydrogens (tertiary/aromatic N) is 2. The molecule has 1 saturated carbocycles. The summed E-state index contributed by atoms with van der Waals surface area (Å²) < 4.78 is 4.94. The van der Waals surface area contributed by atoms with Gasteiger partial charge in [-0.3, -0.25) is 9.59 Å². The van der Waals surface area contributed by atoms with Gasteiger partial charge in [-0.2, -0.15) is 0 Å². The van der Waals surface area contributed by atoms with Crippen LogP contribution in [0.4, 0.5) is 5.82 Å². The SMILES string of the molecule is CCOC(=O)CN(c1cc(=O)[nH]c(C)n1)C1CC1. The minimum absolute atomic E-state index is 0.147. The lowest BCUT2D eigenvalue weighted by Crippen LogP contribution is -2.34. The van der Waals surface area contributed by atoms with E-state index in [0.717, 1.165) is 12.8 Å². The summed E-state index contributed by atoms with van der Waals surface area (Å²) in [4.78, 5) is 31.7. The molecule has 0 saturated heterocycles. The Morgan fingerprint density at radius 2 is 2.33 bits per heavy atom. The molecule has 1 fully saturated rings. The Labute approximate surface area is 105 Å². The second kappa shape index (κ2) is 5.20. The van der Waals surface area contributed by atoms with Gasteiger partial charge in [0.2, 0.25) is 0 Å². The maximum absolute atomic E-state index is 11.6. The highest BCUT2D eigenvalue weighted by molar-refractivity contribution is 5.75. The molecular weight excluding hydrogens is 234 g/mol. The molecular formula is C12H17N3O3. The molecule has 0 spiro atoms. The van der Waals surface area contributed by atoms with Crippen LogP contribution >= 0.6 is 0 Å². The number of esters is 1. The minimum atomic E-state index is -0.288. The molecule has 18 heavy (non-hydrogen) atoms. The van der Waals surface area contributed by atoms with Crippen molar-refractivity contribution in [3.05, 3.63) is 22.2 Å². The number of aromatic amines is 1. The van der Waals surface area contributed by atoms with Crippen LogP contribution in [0.2, 0.25) is 0 Å². The fraction of sp³-hybridized carbons (Fsp3) is 0.583. The molecule has 0 unspecified atom stereocenters. The first-order valence-corrected chi connectivity index (χ1v) is 6.10. The molecule has 2 rings (SSSR count). The Kier molecular flexibility index (Phi) is 3.64. The van der Waals surface area contributed by atoms with Crippen molar-refractivity contribution < 1.29 is 9.53 Å². The van der Waals surface area contributed by atoms with Crippen molar-refractivity contribution in [2.24, 2.45) is 0 Å². The second-order valence-electron chi connectivity index (χ2n) is 4.35. The molecule has 1 heterocycles. The van der Waals surface area contributed by atoms with E-state index in [-0.39, 0.29) is 18.1 Å². The normalized spacial score (nSPS) is 14.3. The number of hydrogen-bond donors (Lipinski definition) is 1. The van der Waals surface area contributed by atoms with E-state index < -0.39 is 0 Å². The van der Waals surface area contributed by atoms with Crippen molar-refractivity contribution in [1.29, 1.82) is 0 Å². The Balaban J connectivity index is 2.19. The number of hydrogen-bond acceptors (Lipinski definition) is 5. The molecule has 1 aromatic heterocycles. The van der Waals surface area contributed by atoms with Crippen molar-refractivity contribution in [3.8, 4) is 0 Å². The van der Waals surface area contributed by atoms with Crippen LogP contribution in [0.25, 0.3) is 0 Å². The number of anilines is 1. The lowest BCUT2D eigenvalue weighted by molar-refractivity contribution is -0.141. The van der Waals surface area contributed by atoms with Gasteiger partial charge < -0.3 is 14.6 Å². The highest BCUT2D eigenvalue weighted by Crippen LogP contribution is 2.29. The lowest BCUT2D eigenvalue weighted by Gasteiger charge is -2.22. The number of H-pyrrole nitrogens is 1. The van der Waals surface area contributed by atoms with E-state index >= 15 is 0 Å². The third-order valence-electron chi connectivity index (χ3n) is 2.73. The van der Waals surface area contributed by atoms with Gasteiger partial charge in [0.15, 0.2) is 0 Å². The molecule has 1 aliphatic carbocycles. The maximum Gasteiger partial charge on any atom is 0.325 e. The smallest absolute Gasteiger partial charge is 0.325 e. The number of aryl methyl sites for hydroxylation is 1. The molecule has 0 aliphatic heterocycles. The maximum atomic E-state index is 11.6. The van der Waals surface area contributed by atoms with Crippen LogP contribution < -0.4 is 10.5 Å². The highest BCUT2D eigenvalue weighted by Gasteiger charge is 2.32. The van der Waals surface area contributed by atoms with Crippen LogP contribution in [0.1, 0.15) is 25.6 Å². The van der Waals surface area contributed by atoms with Crippen molar-refractivity contribution in [2.45, 2.75) is 32.7 Å². The third kappa shape index (κ3) is 3.09. The molecule has 98 valence electrons. The Morgan fingerprint density at radius 3 is 2.89 bits per heavy atom. The summed E-state index contributed by atoms with van der Waals surface area (Å²) in [6, 6.07) is 1.72. The summed E-state index contributed by atoms with van der Waals surface area (Å²) in [7, 11) is 0. The van der Waals surface area contributed by atoms with Crippen LogP contribution in [0.3, 0.4) is 0 Å². The topological polar surface area (TPSA) is 75.3 Å². The van der Waals surface area contributed by atoms with Crippen LogP contribution in [0.5, 0.6) is 0 Å². The van der Waals surface area contributed by atoms with E-state index in [9.17, 15) is 9.59 Å². The molecule has 1 N–H and O–H groups in total. The zero-order valence-electron chi connectivity index (χ0n) is 10.6. The average molecular weight is 251 g/mol. The Bertz CT molecular complexity index is 494. The standard InChI is InChI=1S/C12H17N3O3/c1-3-18-12(17)7-15(9-4-5-9)10-6-11(16)14-8(2)13-10/h6,9H,3-5,7H2,1-2H3,(H,13,14,16). The molecule has 0 bridgehead atoms. The van der Waals surface area contributed by atoms with Gasteiger partial charge in [0.25, 0.3) is 5.56 Å². The van der Waals surface area contributed by atoms with Crippen LogP contribution in [0.15, 0.2) is 10.9 Å². The molecule has 0 amide bonds. The van der Waals surface area contributed by atoms with Crippen LogP contribution in [-0.2, 0) is 9.53 Å². The summed E-state index contributed by atoms with van der Waals surface area (Å²) in [5.41, 5.74) is -0.202. The summed E-state index contributed by atoms with van der Waals surface area (Å²) in [5, 5.41) is 0. The minimum Gasteiger partial charge on any atom is -0.465 e. The van der Waals surface area contributed by atoms with Gasteiger partial charge in [-0.15, -0.1) is 0 Å². The quantitative estimate of drug-likeness (QED) is 0.776. The van der Waals surface area contributed by atoms with E-state index in [1.54, 1.807) is 13.8 Å². The predicted molar refractivity (Wildman–Crippen MR) is 66.6 cm³/mol. The first-order valence-electron chi connectivity index (χ1n) is 6.10. The van der Waals surface area contributed by atoms with E-state index in [4.69, 9.17) is 4.74 Å². The molecule has 0 aromatic carbocycles. The average Bonchev–Trinajstić information content (AvgIpc) is 3.08. The fourth-order valence-electron chi connectivity index (χ4n) is 1.84. The molecule has 0 atom stereocenters. The monoisotopic (exact) mass is 251 g/mol. The van der Waals surface area contributed by atoms with Gasteiger partial charge in [0, 0.05) is 12.1 Å². The van der Waals surface area contributed by atoms with E-state index in [2.05, 4.69) is 9.97 Å². The Morgan fingerprint density at radius 1 is 1.61 bits per heavy atom. The molecule has 6 heteroatoms. The number of nitrogens with one attached hydrogen (secondary N) is 1. The van der Waals surface area contributed by atoms with E-state index in [1.807, 2.05) is 4.90 Å². The summed E-state index contributed by atoms with van der Waals surface area (Å²) >= 11 is 0. The first kappa shape index (κ1) is 12.6.